The number of hydrogen-bond acceptors (Lipinski definition) is 3. The number of benzene rings is 1. The zero-order chi connectivity index (χ0) is 14.3. The molecule has 3 rings (SSSR count). The fourth-order valence-corrected chi connectivity index (χ4v) is 3.03. The quantitative estimate of drug-likeness (QED) is 0.847. The number of nitrogens with one attached hydrogen (secondary N) is 1. The highest BCUT2D eigenvalue weighted by Gasteiger charge is 2.21. The van der Waals surface area contributed by atoms with Crippen LogP contribution in [0.5, 0.6) is 0 Å². The highest BCUT2D eigenvalue weighted by Crippen LogP contribution is 2.16. The first-order chi connectivity index (χ1) is 10.4. The van der Waals surface area contributed by atoms with Gasteiger partial charge in [-0.3, -0.25) is 0 Å². The Bertz CT molecular complexity index is 509. The fourth-order valence-electron chi connectivity index (χ4n) is 3.03. The molecule has 1 aliphatic heterocycles. The molecule has 1 saturated heterocycles. The van der Waals surface area contributed by atoms with Gasteiger partial charge in [-0.15, -0.1) is 0 Å². The van der Waals surface area contributed by atoms with Gasteiger partial charge in [-0.2, -0.15) is 0 Å². The van der Waals surface area contributed by atoms with Crippen LogP contribution in [0.3, 0.4) is 0 Å². The van der Waals surface area contributed by atoms with E-state index in [9.17, 15) is 0 Å². The minimum absolute atomic E-state index is 0.774. The van der Waals surface area contributed by atoms with Gasteiger partial charge in [0.25, 0.3) is 0 Å². The Labute approximate surface area is 127 Å². The van der Waals surface area contributed by atoms with Crippen LogP contribution in [-0.4, -0.2) is 31.1 Å². The Morgan fingerprint density at radius 2 is 2.05 bits per heavy atom. The molecule has 0 saturated carbocycles. The van der Waals surface area contributed by atoms with Crippen LogP contribution in [0.4, 0.5) is 0 Å². The smallest absolute Gasteiger partial charge is 0.117 e. The maximum absolute atomic E-state index is 5.33. The van der Waals surface area contributed by atoms with Crippen molar-refractivity contribution in [3.8, 4) is 0 Å². The Morgan fingerprint density at radius 1 is 1.14 bits per heavy atom. The highest BCUT2D eigenvalue weighted by atomic mass is 16.3. The third kappa shape index (κ3) is 4.45. The number of hydrogen-bond donors (Lipinski definition) is 1. The lowest BCUT2D eigenvalue weighted by atomic mass is 10.1. The Kier molecular flexibility index (Phi) is 5.08. The average molecular weight is 284 g/mol. The minimum atomic E-state index is 0.774. The van der Waals surface area contributed by atoms with E-state index in [2.05, 4.69) is 40.5 Å². The summed E-state index contributed by atoms with van der Waals surface area (Å²) >= 11 is 0. The molecule has 1 aromatic carbocycles. The first kappa shape index (κ1) is 14.4. The van der Waals surface area contributed by atoms with Crippen LogP contribution in [0, 0.1) is 5.92 Å². The lowest BCUT2D eigenvalue weighted by Gasteiger charge is -2.16. The molecule has 3 heteroatoms. The molecule has 0 spiro atoms. The van der Waals surface area contributed by atoms with Crippen molar-refractivity contribution in [2.45, 2.75) is 19.4 Å². The Morgan fingerprint density at radius 3 is 2.86 bits per heavy atom. The highest BCUT2D eigenvalue weighted by molar-refractivity contribution is 5.14. The molecule has 0 aliphatic carbocycles. The molecular formula is C18H24N2O. The zero-order valence-corrected chi connectivity index (χ0v) is 12.5. The van der Waals surface area contributed by atoms with Crippen molar-refractivity contribution >= 4 is 0 Å². The van der Waals surface area contributed by atoms with Crippen molar-refractivity contribution in [3.05, 3.63) is 60.1 Å². The molecule has 2 heterocycles. The second kappa shape index (κ2) is 7.43. The van der Waals surface area contributed by atoms with Crippen molar-refractivity contribution in [1.29, 1.82) is 0 Å². The summed E-state index contributed by atoms with van der Waals surface area (Å²) < 4.78 is 5.33. The molecule has 1 fully saturated rings. The van der Waals surface area contributed by atoms with E-state index in [1.807, 2.05) is 12.1 Å². The van der Waals surface area contributed by atoms with Gasteiger partial charge in [0, 0.05) is 13.1 Å². The molecule has 1 atom stereocenters. The summed E-state index contributed by atoms with van der Waals surface area (Å²) in [5.41, 5.74) is 1.44. The number of likely N-dealkylation sites (tertiary alicyclic amines) is 1. The van der Waals surface area contributed by atoms with Crippen LogP contribution in [-0.2, 0) is 13.0 Å². The van der Waals surface area contributed by atoms with Crippen molar-refractivity contribution in [2.24, 2.45) is 5.92 Å². The first-order valence-electron chi connectivity index (χ1n) is 7.89. The minimum Gasteiger partial charge on any atom is -0.468 e. The van der Waals surface area contributed by atoms with Crippen LogP contribution >= 0.6 is 0 Å². The van der Waals surface area contributed by atoms with Crippen molar-refractivity contribution in [3.63, 3.8) is 0 Å². The van der Waals surface area contributed by atoms with E-state index in [-0.39, 0.29) is 0 Å². The zero-order valence-electron chi connectivity index (χ0n) is 12.5. The molecule has 0 radical (unpaired) electrons. The van der Waals surface area contributed by atoms with Gasteiger partial charge in [0.1, 0.15) is 5.76 Å². The van der Waals surface area contributed by atoms with Crippen LogP contribution < -0.4 is 5.32 Å². The summed E-state index contributed by atoms with van der Waals surface area (Å²) in [6.07, 6.45) is 4.20. The molecule has 1 aliphatic rings. The average Bonchev–Trinajstić information content (AvgIpc) is 3.18. The molecule has 112 valence electrons. The van der Waals surface area contributed by atoms with E-state index in [0.29, 0.717) is 0 Å². The van der Waals surface area contributed by atoms with Gasteiger partial charge in [0.2, 0.25) is 0 Å². The van der Waals surface area contributed by atoms with E-state index < -0.39 is 0 Å². The molecule has 1 aromatic heterocycles. The van der Waals surface area contributed by atoms with Crippen LogP contribution in [0.25, 0.3) is 0 Å². The van der Waals surface area contributed by atoms with Gasteiger partial charge in [-0.1, -0.05) is 30.3 Å². The van der Waals surface area contributed by atoms with Gasteiger partial charge in [-0.05, 0) is 49.5 Å². The molecule has 1 unspecified atom stereocenters. The maximum atomic E-state index is 5.33. The van der Waals surface area contributed by atoms with Crippen LogP contribution in [0.2, 0.25) is 0 Å². The largest absolute Gasteiger partial charge is 0.468 e. The number of rotatable bonds is 7. The van der Waals surface area contributed by atoms with E-state index in [1.54, 1.807) is 6.26 Å². The van der Waals surface area contributed by atoms with Gasteiger partial charge in [-0.25, -0.2) is 0 Å². The topological polar surface area (TPSA) is 28.4 Å². The normalized spacial score (nSPS) is 19.1. The molecule has 3 nitrogen and oxygen atoms in total. The first-order valence-corrected chi connectivity index (χ1v) is 7.89. The predicted octanol–water partition coefficient (Wildman–Crippen LogP) is 2.93. The summed E-state index contributed by atoms with van der Waals surface area (Å²) in [7, 11) is 0. The molecule has 2 aromatic rings. The SMILES string of the molecule is c1ccc(CCN2CCC(CNCc3ccco3)C2)cc1. The molecule has 0 amide bonds. The number of nitrogens with zero attached hydrogens (tertiary/aromatic N) is 1. The third-order valence-corrected chi connectivity index (χ3v) is 4.24. The predicted molar refractivity (Wildman–Crippen MR) is 85.1 cm³/mol. The van der Waals surface area contributed by atoms with E-state index in [0.717, 1.165) is 31.2 Å². The third-order valence-electron chi connectivity index (χ3n) is 4.24. The summed E-state index contributed by atoms with van der Waals surface area (Å²) in [6, 6.07) is 14.7. The number of furan rings is 1. The monoisotopic (exact) mass is 284 g/mol. The molecular weight excluding hydrogens is 260 g/mol. The maximum Gasteiger partial charge on any atom is 0.117 e. The van der Waals surface area contributed by atoms with E-state index >= 15 is 0 Å². The van der Waals surface area contributed by atoms with Gasteiger partial charge >= 0.3 is 0 Å². The Balaban J connectivity index is 1.33. The van der Waals surface area contributed by atoms with Crippen LogP contribution in [0.1, 0.15) is 17.7 Å². The van der Waals surface area contributed by atoms with Gasteiger partial charge in [0.05, 0.1) is 12.8 Å². The molecule has 0 bridgehead atoms. The van der Waals surface area contributed by atoms with E-state index in [4.69, 9.17) is 4.42 Å². The fraction of sp³-hybridized carbons (Fsp3) is 0.444. The summed E-state index contributed by atoms with van der Waals surface area (Å²) in [5.74, 6) is 1.80. The standard InChI is InChI=1S/C18H24N2O/c1-2-5-16(6-3-1)8-10-20-11-9-17(15-20)13-19-14-18-7-4-12-21-18/h1-7,12,17,19H,8-11,13-15H2. The van der Waals surface area contributed by atoms with Crippen molar-refractivity contribution in [1.82, 2.24) is 10.2 Å². The van der Waals surface area contributed by atoms with Gasteiger partial charge < -0.3 is 14.6 Å². The van der Waals surface area contributed by atoms with Gasteiger partial charge in [0.15, 0.2) is 0 Å². The van der Waals surface area contributed by atoms with Crippen molar-refractivity contribution < 1.29 is 4.42 Å². The second-order valence-electron chi connectivity index (χ2n) is 5.90. The summed E-state index contributed by atoms with van der Waals surface area (Å²) in [6.45, 7) is 5.56. The molecule has 1 N–H and O–H groups in total. The van der Waals surface area contributed by atoms with E-state index in [1.165, 1.54) is 31.6 Å². The lowest BCUT2D eigenvalue weighted by molar-refractivity contribution is 0.324. The summed E-state index contributed by atoms with van der Waals surface area (Å²) in [5, 5.41) is 3.50. The van der Waals surface area contributed by atoms with Crippen molar-refractivity contribution in [2.75, 3.05) is 26.2 Å². The molecule has 21 heavy (non-hydrogen) atoms. The second-order valence-corrected chi connectivity index (χ2v) is 5.90. The lowest BCUT2D eigenvalue weighted by Crippen LogP contribution is -2.27. The summed E-state index contributed by atoms with van der Waals surface area (Å²) in [4.78, 5) is 2.59. The van der Waals surface area contributed by atoms with Crippen LogP contribution in [0.15, 0.2) is 53.1 Å². The Hall–Kier alpha value is -1.58.